The largest absolute Gasteiger partial charge is 0.493 e. The van der Waals surface area contributed by atoms with Gasteiger partial charge in [-0.15, -0.1) is 0 Å². The lowest BCUT2D eigenvalue weighted by molar-refractivity contribution is 0.153. The molecule has 0 fully saturated rings. The van der Waals surface area contributed by atoms with Gasteiger partial charge in [0.2, 0.25) is 0 Å². The van der Waals surface area contributed by atoms with Crippen LogP contribution >= 0.6 is 0 Å². The lowest BCUT2D eigenvalue weighted by atomic mass is 10.1. The fourth-order valence-corrected chi connectivity index (χ4v) is 2.08. The van der Waals surface area contributed by atoms with Gasteiger partial charge >= 0.3 is 0 Å². The van der Waals surface area contributed by atoms with Gasteiger partial charge in [-0.1, -0.05) is 13.3 Å². The van der Waals surface area contributed by atoms with Crippen molar-refractivity contribution in [2.75, 3.05) is 27.7 Å². The molecule has 1 aromatic rings. The Bertz CT molecular complexity index is 364. The summed E-state index contributed by atoms with van der Waals surface area (Å²) < 4.78 is 7.33. The summed E-state index contributed by atoms with van der Waals surface area (Å²) in [5, 5.41) is 14.2. The Labute approximate surface area is 116 Å². The Kier molecular flexibility index (Phi) is 6.87. The molecule has 1 rings (SSSR count). The van der Waals surface area contributed by atoms with Gasteiger partial charge in [0.05, 0.1) is 31.6 Å². The zero-order valence-corrected chi connectivity index (χ0v) is 12.6. The lowest BCUT2D eigenvalue weighted by Gasteiger charge is -2.14. The summed E-state index contributed by atoms with van der Waals surface area (Å²) in [6.07, 6.45) is 4.96. The zero-order chi connectivity index (χ0) is 14.3. The number of rotatable bonds is 9. The highest BCUT2D eigenvalue weighted by Gasteiger charge is 2.13. The van der Waals surface area contributed by atoms with Crippen LogP contribution in [0.3, 0.4) is 0 Å². The van der Waals surface area contributed by atoms with Gasteiger partial charge in [0, 0.05) is 6.54 Å². The molecule has 0 saturated carbocycles. The van der Waals surface area contributed by atoms with E-state index >= 15 is 0 Å². The molecule has 0 bridgehead atoms. The van der Waals surface area contributed by atoms with E-state index in [1.165, 1.54) is 0 Å². The summed E-state index contributed by atoms with van der Waals surface area (Å²) in [7, 11) is 5.76. The van der Waals surface area contributed by atoms with Gasteiger partial charge in [-0.3, -0.25) is 4.68 Å². The molecule has 0 aliphatic rings. The summed E-state index contributed by atoms with van der Waals surface area (Å²) >= 11 is 0. The van der Waals surface area contributed by atoms with Gasteiger partial charge < -0.3 is 14.7 Å². The number of nitrogens with zero attached hydrogens (tertiary/aromatic N) is 3. The molecular formula is C14H27N3O2. The second-order valence-corrected chi connectivity index (χ2v) is 5.17. The van der Waals surface area contributed by atoms with E-state index in [0.29, 0.717) is 0 Å². The standard InChI is InChI=1S/C14H27N3O2/c1-5-6-12(18)7-8-13-14(19-4)11-15-17(13)10-9-16(2)3/h11-12,18H,5-10H2,1-4H3. The molecule has 1 unspecified atom stereocenters. The number of likely N-dealkylation sites (N-methyl/N-ethyl adjacent to an activating group) is 1. The van der Waals surface area contributed by atoms with Crippen LogP contribution in [0.4, 0.5) is 0 Å². The Hall–Kier alpha value is -1.07. The number of aliphatic hydroxyl groups is 1. The summed E-state index contributed by atoms with van der Waals surface area (Å²) in [5.41, 5.74) is 1.08. The maximum Gasteiger partial charge on any atom is 0.159 e. The molecule has 0 radical (unpaired) electrons. The van der Waals surface area contributed by atoms with Crippen molar-refractivity contribution in [3.05, 3.63) is 11.9 Å². The molecule has 0 amide bonds. The predicted molar refractivity (Wildman–Crippen MR) is 76.6 cm³/mol. The van der Waals surface area contributed by atoms with Gasteiger partial charge in [0.15, 0.2) is 5.75 Å². The van der Waals surface area contributed by atoms with Crippen molar-refractivity contribution < 1.29 is 9.84 Å². The first-order chi connectivity index (χ1) is 9.08. The van der Waals surface area contributed by atoms with E-state index in [4.69, 9.17) is 4.74 Å². The molecule has 1 heterocycles. The van der Waals surface area contributed by atoms with E-state index in [2.05, 4.69) is 16.9 Å². The summed E-state index contributed by atoms with van der Waals surface area (Å²) in [6.45, 7) is 3.87. The molecule has 0 aliphatic heterocycles. The average molecular weight is 269 g/mol. The molecule has 0 aliphatic carbocycles. The summed E-state index contributed by atoms with van der Waals surface area (Å²) in [4.78, 5) is 2.13. The molecule has 0 aromatic carbocycles. The molecule has 1 N–H and O–H groups in total. The summed E-state index contributed by atoms with van der Waals surface area (Å²) in [5.74, 6) is 0.822. The first-order valence-corrected chi connectivity index (χ1v) is 7.00. The van der Waals surface area contributed by atoms with Gasteiger partial charge in [0.1, 0.15) is 0 Å². The SMILES string of the molecule is CCCC(O)CCc1c(OC)cnn1CCN(C)C. The minimum Gasteiger partial charge on any atom is -0.493 e. The molecule has 5 nitrogen and oxygen atoms in total. The maximum atomic E-state index is 9.84. The topological polar surface area (TPSA) is 50.5 Å². The highest BCUT2D eigenvalue weighted by Crippen LogP contribution is 2.20. The third kappa shape index (κ3) is 5.20. The lowest BCUT2D eigenvalue weighted by Crippen LogP contribution is -2.20. The van der Waals surface area contributed by atoms with Crippen molar-refractivity contribution >= 4 is 0 Å². The summed E-state index contributed by atoms with van der Waals surface area (Å²) in [6, 6.07) is 0. The fourth-order valence-electron chi connectivity index (χ4n) is 2.08. The molecule has 110 valence electrons. The van der Waals surface area contributed by atoms with Gasteiger partial charge in [-0.25, -0.2) is 0 Å². The predicted octanol–water partition coefficient (Wildman–Crippen LogP) is 1.55. The number of methoxy groups -OCH3 is 1. The molecule has 1 atom stereocenters. The average Bonchev–Trinajstić information content (AvgIpc) is 2.76. The number of ether oxygens (including phenoxy) is 1. The molecule has 0 spiro atoms. The number of aromatic nitrogens is 2. The normalized spacial score (nSPS) is 12.9. The van der Waals surface area contributed by atoms with Crippen LogP contribution in [0.1, 0.15) is 31.9 Å². The van der Waals surface area contributed by atoms with Gasteiger partial charge in [-0.05, 0) is 33.4 Å². The van der Waals surface area contributed by atoms with Crippen molar-refractivity contribution in [2.45, 2.75) is 45.3 Å². The number of hydrogen-bond donors (Lipinski definition) is 1. The van der Waals surface area contributed by atoms with Gasteiger partial charge in [0.25, 0.3) is 0 Å². The Morgan fingerprint density at radius 1 is 1.42 bits per heavy atom. The van der Waals surface area contributed by atoms with Crippen molar-refractivity contribution in [1.82, 2.24) is 14.7 Å². The Morgan fingerprint density at radius 2 is 2.16 bits per heavy atom. The number of aliphatic hydroxyl groups excluding tert-OH is 1. The maximum absolute atomic E-state index is 9.84. The number of hydrogen-bond acceptors (Lipinski definition) is 4. The van der Waals surface area contributed by atoms with Crippen LogP contribution in [0.2, 0.25) is 0 Å². The van der Waals surface area contributed by atoms with E-state index in [9.17, 15) is 5.11 Å². The molecule has 19 heavy (non-hydrogen) atoms. The molecular weight excluding hydrogens is 242 g/mol. The van der Waals surface area contributed by atoms with Crippen LogP contribution in [0.25, 0.3) is 0 Å². The quantitative estimate of drug-likeness (QED) is 0.739. The van der Waals surface area contributed by atoms with Crippen LogP contribution in [0.15, 0.2) is 6.20 Å². The second-order valence-electron chi connectivity index (χ2n) is 5.17. The minimum atomic E-state index is -0.230. The third-order valence-electron chi connectivity index (χ3n) is 3.23. The minimum absolute atomic E-state index is 0.230. The van der Waals surface area contributed by atoms with E-state index in [1.807, 2.05) is 18.8 Å². The van der Waals surface area contributed by atoms with Gasteiger partial charge in [-0.2, -0.15) is 5.10 Å². The highest BCUT2D eigenvalue weighted by molar-refractivity contribution is 5.25. The Morgan fingerprint density at radius 3 is 2.74 bits per heavy atom. The zero-order valence-electron chi connectivity index (χ0n) is 12.6. The van der Waals surface area contributed by atoms with Crippen LogP contribution in [0.5, 0.6) is 5.75 Å². The van der Waals surface area contributed by atoms with Crippen LogP contribution < -0.4 is 4.74 Å². The van der Waals surface area contributed by atoms with Crippen molar-refractivity contribution in [3.8, 4) is 5.75 Å². The van der Waals surface area contributed by atoms with E-state index in [0.717, 1.165) is 50.2 Å². The molecule has 1 aromatic heterocycles. The molecule has 5 heteroatoms. The Balaban J connectivity index is 2.64. The smallest absolute Gasteiger partial charge is 0.159 e. The highest BCUT2D eigenvalue weighted by atomic mass is 16.5. The van der Waals surface area contributed by atoms with Crippen molar-refractivity contribution in [3.63, 3.8) is 0 Å². The van der Waals surface area contributed by atoms with E-state index < -0.39 is 0 Å². The fraction of sp³-hybridized carbons (Fsp3) is 0.786. The van der Waals surface area contributed by atoms with Crippen LogP contribution in [-0.2, 0) is 13.0 Å². The first kappa shape index (κ1) is 16.0. The van der Waals surface area contributed by atoms with E-state index in [1.54, 1.807) is 13.3 Å². The van der Waals surface area contributed by atoms with Crippen LogP contribution in [0, 0.1) is 0 Å². The first-order valence-electron chi connectivity index (χ1n) is 7.00. The van der Waals surface area contributed by atoms with Crippen LogP contribution in [-0.4, -0.2) is 53.6 Å². The van der Waals surface area contributed by atoms with Crippen molar-refractivity contribution in [1.29, 1.82) is 0 Å². The van der Waals surface area contributed by atoms with E-state index in [-0.39, 0.29) is 6.10 Å². The molecule has 0 saturated heterocycles. The third-order valence-corrected chi connectivity index (χ3v) is 3.23. The second kappa shape index (κ2) is 8.17. The van der Waals surface area contributed by atoms with Crippen molar-refractivity contribution in [2.24, 2.45) is 0 Å². The monoisotopic (exact) mass is 269 g/mol.